The number of pyridine rings is 1. The van der Waals surface area contributed by atoms with Crippen molar-refractivity contribution in [1.82, 2.24) is 15.3 Å². The average Bonchev–Trinajstić information content (AvgIpc) is 2.92. The van der Waals surface area contributed by atoms with Gasteiger partial charge in [0.1, 0.15) is 12.4 Å². The van der Waals surface area contributed by atoms with Crippen LogP contribution in [-0.2, 0) is 17.9 Å². The van der Waals surface area contributed by atoms with Gasteiger partial charge in [-0.25, -0.2) is 4.98 Å². The maximum absolute atomic E-state index is 13.1. The lowest BCUT2D eigenvalue weighted by molar-refractivity contribution is -0.119. The van der Waals surface area contributed by atoms with Crippen molar-refractivity contribution in [2.45, 2.75) is 20.1 Å². The molecule has 0 aliphatic carbocycles. The van der Waals surface area contributed by atoms with E-state index < -0.39 is 5.95 Å². The second kappa shape index (κ2) is 6.88. The third kappa shape index (κ3) is 3.83. The minimum Gasteiger partial charge on any atom is -0.486 e. The zero-order chi connectivity index (χ0) is 17.1. The van der Waals surface area contributed by atoms with Crippen LogP contribution in [0.5, 0.6) is 5.75 Å². The Bertz CT molecular complexity index is 895. The van der Waals surface area contributed by atoms with Crippen molar-refractivity contribution >= 4 is 28.4 Å². The molecule has 0 saturated carbocycles. The highest BCUT2D eigenvalue weighted by Gasteiger charge is 2.09. The second-order valence-corrected chi connectivity index (χ2v) is 5.72. The molecule has 0 radical (unpaired) electrons. The topological polar surface area (TPSA) is 67.0 Å². The summed E-state index contributed by atoms with van der Waals surface area (Å²) in [6.45, 7) is 1.99. The van der Waals surface area contributed by atoms with E-state index in [4.69, 9.17) is 16.3 Å². The first-order chi connectivity index (χ1) is 11.5. The molecule has 0 saturated heterocycles. The molecule has 5 nitrogen and oxygen atoms in total. The Morgan fingerprint density at radius 1 is 1.38 bits per heavy atom. The molecular formula is C17H15ClFN3O2. The number of H-pyrrole nitrogens is 1. The summed E-state index contributed by atoms with van der Waals surface area (Å²) < 4.78 is 18.7. The normalized spacial score (nSPS) is 10.8. The number of rotatable bonds is 5. The lowest BCUT2D eigenvalue weighted by atomic mass is 10.2. The molecule has 3 rings (SSSR count). The minimum atomic E-state index is -0.551. The maximum Gasteiger partial charge on any atom is 0.217 e. The van der Waals surface area contributed by atoms with Crippen LogP contribution in [0.15, 0.2) is 36.4 Å². The van der Waals surface area contributed by atoms with Gasteiger partial charge in [0.25, 0.3) is 0 Å². The van der Waals surface area contributed by atoms with Gasteiger partial charge >= 0.3 is 0 Å². The Hall–Kier alpha value is -2.60. The molecule has 0 spiro atoms. The van der Waals surface area contributed by atoms with E-state index in [0.717, 1.165) is 16.6 Å². The van der Waals surface area contributed by atoms with Crippen molar-refractivity contribution in [2.75, 3.05) is 0 Å². The molecule has 2 N–H and O–H groups in total. The number of aromatic nitrogens is 2. The van der Waals surface area contributed by atoms with Crippen LogP contribution in [0.1, 0.15) is 18.3 Å². The molecule has 0 fully saturated rings. The highest BCUT2D eigenvalue weighted by Crippen LogP contribution is 2.31. The molecule has 124 valence electrons. The van der Waals surface area contributed by atoms with Crippen LogP contribution in [0.2, 0.25) is 5.02 Å². The van der Waals surface area contributed by atoms with Crippen LogP contribution < -0.4 is 10.1 Å². The Morgan fingerprint density at radius 2 is 2.21 bits per heavy atom. The fraction of sp³-hybridized carbons (Fsp3) is 0.176. The number of aromatic amines is 1. The summed E-state index contributed by atoms with van der Waals surface area (Å²) in [7, 11) is 0. The van der Waals surface area contributed by atoms with Crippen LogP contribution in [0.3, 0.4) is 0 Å². The Balaban J connectivity index is 1.78. The van der Waals surface area contributed by atoms with Crippen LogP contribution in [-0.4, -0.2) is 15.9 Å². The summed E-state index contributed by atoms with van der Waals surface area (Å²) >= 11 is 6.23. The van der Waals surface area contributed by atoms with E-state index in [9.17, 15) is 9.18 Å². The number of halogens is 2. The molecule has 3 aromatic rings. The van der Waals surface area contributed by atoms with Crippen molar-refractivity contribution < 1.29 is 13.9 Å². The fourth-order valence-electron chi connectivity index (χ4n) is 2.30. The summed E-state index contributed by atoms with van der Waals surface area (Å²) in [6.07, 6.45) is 0. The largest absolute Gasteiger partial charge is 0.486 e. The molecule has 0 aliphatic rings. The van der Waals surface area contributed by atoms with Crippen LogP contribution in [0.25, 0.3) is 10.9 Å². The molecule has 2 heterocycles. The van der Waals surface area contributed by atoms with Crippen molar-refractivity contribution in [3.8, 4) is 5.75 Å². The average molecular weight is 348 g/mol. The smallest absolute Gasteiger partial charge is 0.217 e. The van der Waals surface area contributed by atoms with E-state index in [-0.39, 0.29) is 12.5 Å². The fourth-order valence-corrected chi connectivity index (χ4v) is 2.53. The molecule has 2 aromatic heterocycles. The lowest BCUT2D eigenvalue weighted by Crippen LogP contribution is -2.18. The zero-order valence-electron chi connectivity index (χ0n) is 12.9. The summed E-state index contributed by atoms with van der Waals surface area (Å²) in [5, 5.41) is 4.09. The van der Waals surface area contributed by atoms with E-state index >= 15 is 0 Å². The predicted octanol–water partition coefficient (Wildman–Crippen LogP) is 3.57. The number of nitrogens with zero attached hydrogens (tertiary/aromatic N) is 1. The SMILES string of the molecule is CC(=O)NCc1cc2cc(Cl)c(OCc3cccc(F)n3)cc2[nH]1. The molecule has 0 aliphatic heterocycles. The number of hydrogen-bond acceptors (Lipinski definition) is 3. The van der Waals surface area contributed by atoms with Gasteiger partial charge in [-0.3, -0.25) is 4.79 Å². The molecule has 24 heavy (non-hydrogen) atoms. The second-order valence-electron chi connectivity index (χ2n) is 5.31. The minimum absolute atomic E-state index is 0.0988. The monoisotopic (exact) mass is 347 g/mol. The van der Waals surface area contributed by atoms with Gasteiger partial charge in [-0.1, -0.05) is 17.7 Å². The number of nitrogens with one attached hydrogen (secondary N) is 2. The van der Waals surface area contributed by atoms with Crippen molar-refractivity contribution in [3.05, 3.63) is 58.8 Å². The summed E-state index contributed by atoms with van der Waals surface area (Å²) in [4.78, 5) is 17.9. The first-order valence-electron chi connectivity index (χ1n) is 7.31. The molecular weight excluding hydrogens is 333 g/mol. The molecule has 7 heteroatoms. The number of carbonyl (C=O) groups excluding carboxylic acids is 1. The van der Waals surface area contributed by atoms with Crippen molar-refractivity contribution in [3.63, 3.8) is 0 Å². The Morgan fingerprint density at radius 3 is 2.96 bits per heavy atom. The van der Waals surface area contributed by atoms with Gasteiger partial charge < -0.3 is 15.0 Å². The highest BCUT2D eigenvalue weighted by molar-refractivity contribution is 6.32. The van der Waals surface area contributed by atoms with Crippen LogP contribution in [0, 0.1) is 5.95 Å². The Kier molecular flexibility index (Phi) is 4.66. The first-order valence-corrected chi connectivity index (χ1v) is 7.69. The number of hydrogen-bond donors (Lipinski definition) is 2. The van der Waals surface area contributed by atoms with Gasteiger partial charge in [0, 0.05) is 29.6 Å². The zero-order valence-corrected chi connectivity index (χ0v) is 13.7. The van der Waals surface area contributed by atoms with Crippen LogP contribution >= 0.6 is 11.6 Å². The highest BCUT2D eigenvalue weighted by atomic mass is 35.5. The predicted molar refractivity (Wildman–Crippen MR) is 89.4 cm³/mol. The third-order valence-corrected chi connectivity index (χ3v) is 3.70. The van der Waals surface area contributed by atoms with Gasteiger partial charge in [-0.05, 0) is 24.3 Å². The summed E-state index contributed by atoms with van der Waals surface area (Å²) in [5.74, 6) is -0.175. The standard InChI is InChI=1S/C17H15ClFN3O2/c1-10(23)20-8-13-5-11-6-14(18)16(7-15(11)21-13)24-9-12-3-2-4-17(19)22-12/h2-7,21H,8-9H2,1H3,(H,20,23). The summed E-state index contributed by atoms with van der Waals surface area (Å²) in [5.41, 5.74) is 2.17. The summed E-state index contributed by atoms with van der Waals surface area (Å²) in [6, 6.07) is 9.99. The van der Waals surface area contributed by atoms with E-state index in [1.165, 1.54) is 13.0 Å². The maximum atomic E-state index is 13.1. The van der Waals surface area contributed by atoms with E-state index in [2.05, 4.69) is 15.3 Å². The van der Waals surface area contributed by atoms with Gasteiger partial charge in [-0.15, -0.1) is 0 Å². The quantitative estimate of drug-likeness (QED) is 0.693. The van der Waals surface area contributed by atoms with Gasteiger partial charge in [0.2, 0.25) is 11.9 Å². The van der Waals surface area contributed by atoms with E-state index in [1.807, 2.05) is 6.07 Å². The van der Waals surface area contributed by atoms with Gasteiger partial charge in [0.15, 0.2) is 0 Å². The molecule has 0 atom stereocenters. The molecule has 0 bridgehead atoms. The number of amides is 1. The molecule has 1 amide bonds. The van der Waals surface area contributed by atoms with Gasteiger partial charge in [0.05, 0.1) is 17.3 Å². The first kappa shape index (κ1) is 16.3. The van der Waals surface area contributed by atoms with E-state index in [0.29, 0.717) is 23.0 Å². The Labute approximate surface area is 142 Å². The molecule has 1 aromatic carbocycles. The third-order valence-electron chi connectivity index (χ3n) is 3.41. The number of ether oxygens (including phenoxy) is 1. The van der Waals surface area contributed by atoms with Crippen molar-refractivity contribution in [1.29, 1.82) is 0 Å². The van der Waals surface area contributed by atoms with Crippen molar-refractivity contribution in [2.24, 2.45) is 0 Å². The lowest BCUT2D eigenvalue weighted by Gasteiger charge is -2.08. The number of fused-ring (bicyclic) bond motifs is 1. The van der Waals surface area contributed by atoms with E-state index in [1.54, 1.807) is 24.3 Å². The van der Waals surface area contributed by atoms with Crippen LogP contribution in [0.4, 0.5) is 4.39 Å². The number of benzene rings is 1. The molecule has 0 unspecified atom stereocenters. The number of carbonyl (C=O) groups is 1. The van der Waals surface area contributed by atoms with Gasteiger partial charge in [-0.2, -0.15) is 4.39 Å².